The minimum Gasteiger partial charge on any atom is -0.380 e. The Balaban J connectivity index is 1.68. The maximum Gasteiger partial charge on any atom is 0.128 e. The van der Waals surface area contributed by atoms with Crippen molar-refractivity contribution in [2.45, 2.75) is 6.61 Å². The molecule has 0 bridgehead atoms. The van der Waals surface area contributed by atoms with Gasteiger partial charge in [0.15, 0.2) is 0 Å². The van der Waals surface area contributed by atoms with E-state index in [0.29, 0.717) is 12.0 Å². The van der Waals surface area contributed by atoms with E-state index in [1.807, 2.05) is 12.1 Å². The van der Waals surface area contributed by atoms with E-state index in [1.54, 1.807) is 7.11 Å². The van der Waals surface area contributed by atoms with Crippen LogP contribution in [-0.4, -0.2) is 38.4 Å². The highest BCUT2D eigenvalue weighted by molar-refractivity contribution is 5.44. The van der Waals surface area contributed by atoms with Gasteiger partial charge in [-0.1, -0.05) is 6.07 Å². The number of ether oxygens (including phenoxy) is 2. The zero-order valence-corrected chi connectivity index (χ0v) is 9.48. The van der Waals surface area contributed by atoms with Crippen molar-refractivity contribution < 1.29 is 9.47 Å². The summed E-state index contributed by atoms with van der Waals surface area (Å²) >= 11 is 0. The first-order valence-electron chi connectivity index (χ1n) is 5.59. The molecule has 0 amide bonds. The summed E-state index contributed by atoms with van der Waals surface area (Å²) in [7, 11) is 1.69. The van der Waals surface area contributed by atoms with Crippen LogP contribution >= 0.6 is 0 Å². The lowest BCUT2D eigenvalue weighted by molar-refractivity contribution is -0.127. The molecule has 0 atom stereocenters. The Kier molecular flexibility index (Phi) is 2.33. The Hall–Kier alpha value is -1.13. The molecule has 2 fully saturated rings. The fraction of sp³-hybridized carbons (Fsp3) is 0.583. The van der Waals surface area contributed by atoms with Gasteiger partial charge in [0.1, 0.15) is 5.82 Å². The second kappa shape index (κ2) is 3.71. The van der Waals surface area contributed by atoms with Crippen molar-refractivity contribution in [3.8, 4) is 0 Å². The Labute approximate surface area is 95.2 Å². The molecule has 1 aromatic rings. The summed E-state index contributed by atoms with van der Waals surface area (Å²) in [4.78, 5) is 6.88. The highest BCUT2D eigenvalue weighted by Gasteiger charge is 2.49. The first-order chi connectivity index (χ1) is 7.81. The monoisotopic (exact) mass is 220 g/mol. The zero-order valence-electron chi connectivity index (χ0n) is 9.48. The molecule has 0 saturated carbocycles. The van der Waals surface area contributed by atoms with E-state index in [9.17, 15) is 0 Å². The maximum absolute atomic E-state index is 5.26. The van der Waals surface area contributed by atoms with Gasteiger partial charge in [0.25, 0.3) is 0 Å². The van der Waals surface area contributed by atoms with Crippen molar-refractivity contribution in [3.63, 3.8) is 0 Å². The van der Waals surface area contributed by atoms with Gasteiger partial charge < -0.3 is 14.4 Å². The molecule has 2 aliphatic heterocycles. The predicted octanol–water partition coefficient (Wildman–Crippen LogP) is 1.06. The van der Waals surface area contributed by atoms with Crippen molar-refractivity contribution in [1.29, 1.82) is 0 Å². The molecule has 16 heavy (non-hydrogen) atoms. The minimum atomic E-state index is 0.443. The molecule has 4 heteroatoms. The lowest BCUT2D eigenvalue weighted by atomic mass is 9.78. The summed E-state index contributed by atoms with van der Waals surface area (Å²) in [5.41, 5.74) is 1.43. The molecule has 3 rings (SSSR count). The summed E-state index contributed by atoms with van der Waals surface area (Å²) in [5, 5.41) is 0. The molecular formula is C12H16N2O2. The van der Waals surface area contributed by atoms with Gasteiger partial charge in [-0.25, -0.2) is 4.98 Å². The smallest absolute Gasteiger partial charge is 0.128 e. The summed E-state index contributed by atoms with van der Waals surface area (Å²) in [6.07, 6.45) is 0. The van der Waals surface area contributed by atoms with E-state index >= 15 is 0 Å². The fourth-order valence-electron chi connectivity index (χ4n) is 2.37. The molecule has 2 aliphatic rings. The number of anilines is 1. The van der Waals surface area contributed by atoms with Gasteiger partial charge in [-0.15, -0.1) is 0 Å². The zero-order chi connectivity index (χ0) is 11.0. The minimum absolute atomic E-state index is 0.443. The Morgan fingerprint density at radius 1 is 1.44 bits per heavy atom. The topological polar surface area (TPSA) is 34.6 Å². The predicted molar refractivity (Wildman–Crippen MR) is 60.4 cm³/mol. The van der Waals surface area contributed by atoms with Crippen LogP contribution in [-0.2, 0) is 16.1 Å². The molecule has 0 aliphatic carbocycles. The van der Waals surface area contributed by atoms with Gasteiger partial charge in [-0.3, -0.25) is 0 Å². The van der Waals surface area contributed by atoms with Crippen LogP contribution < -0.4 is 4.90 Å². The lowest BCUT2D eigenvalue weighted by Crippen LogP contribution is -2.66. The van der Waals surface area contributed by atoms with Gasteiger partial charge in [0.2, 0.25) is 0 Å². The summed E-state index contributed by atoms with van der Waals surface area (Å²) in [6.45, 7) is 4.57. The summed E-state index contributed by atoms with van der Waals surface area (Å²) in [6, 6.07) is 6.10. The average molecular weight is 220 g/mol. The number of hydrogen-bond acceptors (Lipinski definition) is 4. The number of rotatable bonds is 3. The summed E-state index contributed by atoms with van der Waals surface area (Å²) < 4.78 is 10.3. The van der Waals surface area contributed by atoms with Crippen molar-refractivity contribution in [2.75, 3.05) is 38.3 Å². The van der Waals surface area contributed by atoms with E-state index in [-0.39, 0.29) is 0 Å². The number of methoxy groups -OCH3 is 1. The number of hydrogen-bond donors (Lipinski definition) is 0. The molecule has 0 N–H and O–H groups in total. The fourth-order valence-corrected chi connectivity index (χ4v) is 2.37. The SMILES string of the molecule is COCc1cccc(N2CC3(COC3)C2)n1. The van der Waals surface area contributed by atoms with Crippen molar-refractivity contribution in [3.05, 3.63) is 23.9 Å². The average Bonchev–Trinajstić information content (AvgIpc) is 2.14. The lowest BCUT2D eigenvalue weighted by Gasteiger charge is -2.55. The van der Waals surface area contributed by atoms with Crippen molar-refractivity contribution in [1.82, 2.24) is 4.98 Å². The van der Waals surface area contributed by atoms with Crippen LogP contribution in [0.2, 0.25) is 0 Å². The first kappa shape index (κ1) is 10.1. The van der Waals surface area contributed by atoms with Crippen LogP contribution in [0.5, 0.6) is 0 Å². The van der Waals surface area contributed by atoms with E-state index < -0.39 is 0 Å². The van der Waals surface area contributed by atoms with E-state index in [2.05, 4.69) is 16.0 Å². The molecule has 0 unspecified atom stereocenters. The molecule has 0 aromatic carbocycles. The molecule has 0 radical (unpaired) electrons. The van der Waals surface area contributed by atoms with Gasteiger partial charge in [0, 0.05) is 20.2 Å². The summed E-state index contributed by atoms with van der Waals surface area (Å²) in [5.74, 6) is 1.06. The van der Waals surface area contributed by atoms with Gasteiger partial charge in [-0.05, 0) is 12.1 Å². The van der Waals surface area contributed by atoms with Gasteiger partial charge >= 0.3 is 0 Å². The molecule has 2 saturated heterocycles. The van der Waals surface area contributed by atoms with Crippen LogP contribution in [0.1, 0.15) is 5.69 Å². The van der Waals surface area contributed by atoms with Crippen LogP contribution in [0.3, 0.4) is 0 Å². The molecular weight excluding hydrogens is 204 g/mol. The van der Waals surface area contributed by atoms with Crippen LogP contribution in [0.15, 0.2) is 18.2 Å². The molecule has 86 valence electrons. The van der Waals surface area contributed by atoms with Crippen LogP contribution in [0.25, 0.3) is 0 Å². The highest BCUT2D eigenvalue weighted by Crippen LogP contribution is 2.39. The quantitative estimate of drug-likeness (QED) is 0.763. The van der Waals surface area contributed by atoms with Crippen LogP contribution in [0, 0.1) is 5.41 Å². The molecule has 4 nitrogen and oxygen atoms in total. The normalized spacial score (nSPS) is 21.7. The number of pyridine rings is 1. The first-order valence-corrected chi connectivity index (χ1v) is 5.59. The van der Waals surface area contributed by atoms with E-state index in [0.717, 1.165) is 37.8 Å². The third-order valence-electron chi connectivity index (χ3n) is 3.28. The third kappa shape index (κ3) is 1.58. The Bertz CT molecular complexity index is 382. The number of nitrogens with zero attached hydrogens (tertiary/aromatic N) is 2. The number of aromatic nitrogens is 1. The molecule has 3 heterocycles. The third-order valence-corrected chi connectivity index (χ3v) is 3.28. The maximum atomic E-state index is 5.26. The van der Waals surface area contributed by atoms with E-state index in [1.165, 1.54) is 0 Å². The van der Waals surface area contributed by atoms with Crippen molar-refractivity contribution >= 4 is 5.82 Å². The standard InChI is InChI=1S/C12H16N2O2/c1-15-5-10-3-2-4-11(13-10)14-6-12(7-14)8-16-9-12/h2-4H,5-9H2,1H3. The van der Waals surface area contributed by atoms with Crippen molar-refractivity contribution in [2.24, 2.45) is 5.41 Å². The Morgan fingerprint density at radius 2 is 2.25 bits per heavy atom. The van der Waals surface area contributed by atoms with Gasteiger partial charge in [0.05, 0.1) is 30.9 Å². The van der Waals surface area contributed by atoms with Crippen LogP contribution in [0.4, 0.5) is 5.82 Å². The second-order valence-electron chi connectivity index (χ2n) is 4.77. The Morgan fingerprint density at radius 3 is 2.88 bits per heavy atom. The highest BCUT2D eigenvalue weighted by atomic mass is 16.5. The second-order valence-corrected chi connectivity index (χ2v) is 4.77. The molecule has 1 spiro atoms. The van der Waals surface area contributed by atoms with Gasteiger partial charge in [-0.2, -0.15) is 0 Å². The largest absolute Gasteiger partial charge is 0.380 e. The molecule has 1 aromatic heterocycles. The van der Waals surface area contributed by atoms with E-state index in [4.69, 9.17) is 9.47 Å².